The van der Waals surface area contributed by atoms with E-state index in [0.29, 0.717) is 13.1 Å². The summed E-state index contributed by atoms with van der Waals surface area (Å²) in [4.78, 5) is 23.8. The molecule has 0 aromatic heterocycles. The largest absolute Gasteiger partial charge is 0.480 e. The number of amides is 2. The van der Waals surface area contributed by atoms with E-state index in [-0.39, 0.29) is 18.5 Å². The number of carboxylic acids is 1. The van der Waals surface area contributed by atoms with E-state index >= 15 is 0 Å². The molecule has 0 aromatic carbocycles. The van der Waals surface area contributed by atoms with E-state index in [2.05, 4.69) is 10.6 Å². The van der Waals surface area contributed by atoms with Gasteiger partial charge in [0.05, 0.1) is 0 Å². The Hall–Kier alpha value is -1.30. The van der Waals surface area contributed by atoms with Crippen LogP contribution in [0.5, 0.6) is 0 Å². The molecule has 18 heavy (non-hydrogen) atoms. The Labute approximate surface area is 109 Å². The monoisotopic (exact) mass is 259 g/mol. The molecule has 3 N–H and O–H groups in total. The summed E-state index contributed by atoms with van der Waals surface area (Å²) in [5.74, 6) is -0.740. The second kappa shape index (κ2) is 9.70. The van der Waals surface area contributed by atoms with Crippen molar-refractivity contribution in [3.8, 4) is 0 Å². The number of carbonyl (C=O) groups excluding carboxylic acids is 1. The molecule has 2 amide bonds. The van der Waals surface area contributed by atoms with Gasteiger partial charge in [0.15, 0.2) is 0 Å². The molecule has 106 valence electrons. The smallest absolute Gasteiger partial charge is 0.323 e. The first-order valence-corrected chi connectivity index (χ1v) is 6.42. The molecule has 6 heteroatoms. The van der Waals surface area contributed by atoms with Crippen LogP contribution >= 0.6 is 0 Å². The Morgan fingerprint density at radius 1 is 1.28 bits per heavy atom. The number of rotatable bonds is 9. The summed E-state index contributed by atoms with van der Waals surface area (Å²) in [5, 5.41) is 14.6. The zero-order valence-electron chi connectivity index (χ0n) is 11.5. The van der Waals surface area contributed by atoms with Crippen LogP contribution in [0.25, 0.3) is 0 Å². The number of carboxylic acid groups (broad SMARTS) is 1. The summed E-state index contributed by atoms with van der Waals surface area (Å²) in [5.41, 5.74) is 0. The molecule has 0 fully saturated rings. The van der Waals surface area contributed by atoms with Gasteiger partial charge in [-0.05, 0) is 25.4 Å². The Morgan fingerprint density at radius 2 is 1.94 bits per heavy atom. The molecule has 0 atom stereocenters. The van der Waals surface area contributed by atoms with Crippen molar-refractivity contribution in [3.05, 3.63) is 0 Å². The molecule has 0 unspecified atom stereocenters. The number of carbonyl (C=O) groups is 2. The minimum Gasteiger partial charge on any atom is -0.480 e. The molecule has 6 nitrogen and oxygen atoms in total. The molecular weight excluding hydrogens is 234 g/mol. The summed E-state index contributed by atoms with van der Waals surface area (Å²) < 4.78 is 0. The van der Waals surface area contributed by atoms with Gasteiger partial charge in [0.1, 0.15) is 6.54 Å². The second-order valence-electron chi connectivity index (χ2n) is 4.61. The summed E-state index contributed by atoms with van der Waals surface area (Å²) in [6.45, 7) is 8.44. The van der Waals surface area contributed by atoms with Gasteiger partial charge < -0.3 is 20.6 Å². The number of nitrogens with one attached hydrogen (secondary N) is 2. The number of hydrogen-bond acceptors (Lipinski definition) is 3. The van der Waals surface area contributed by atoms with Crippen molar-refractivity contribution >= 4 is 12.0 Å². The number of hydrogen-bond donors (Lipinski definition) is 3. The average Bonchev–Trinajstić information content (AvgIpc) is 2.26. The molecular formula is C12H25N3O3. The predicted molar refractivity (Wildman–Crippen MR) is 70.6 cm³/mol. The van der Waals surface area contributed by atoms with Gasteiger partial charge in [-0.2, -0.15) is 0 Å². The quantitative estimate of drug-likeness (QED) is 0.533. The molecule has 0 rings (SSSR count). The van der Waals surface area contributed by atoms with Crippen LogP contribution in [0.15, 0.2) is 0 Å². The van der Waals surface area contributed by atoms with Gasteiger partial charge in [-0.1, -0.05) is 20.8 Å². The van der Waals surface area contributed by atoms with Crippen LogP contribution in [0.3, 0.4) is 0 Å². The lowest BCUT2D eigenvalue weighted by Crippen LogP contribution is -2.45. The summed E-state index contributed by atoms with van der Waals surface area (Å²) >= 11 is 0. The maximum Gasteiger partial charge on any atom is 0.323 e. The van der Waals surface area contributed by atoms with Crippen molar-refractivity contribution in [2.75, 3.05) is 32.7 Å². The summed E-state index contributed by atoms with van der Waals surface area (Å²) in [6, 6.07) is -0.303. The molecule has 0 saturated carbocycles. The van der Waals surface area contributed by atoms with Crippen LogP contribution in [0.4, 0.5) is 4.79 Å². The van der Waals surface area contributed by atoms with Crippen LogP contribution in [0.1, 0.15) is 27.2 Å². The molecule has 0 radical (unpaired) electrons. The molecule has 0 spiro atoms. The van der Waals surface area contributed by atoms with E-state index in [4.69, 9.17) is 5.11 Å². The fraction of sp³-hybridized carbons (Fsp3) is 0.833. The van der Waals surface area contributed by atoms with E-state index in [1.54, 1.807) is 0 Å². The average molecular weight is 259 g/mol. The van der Waals surface area contributed by atoms with Gasteiger partial charge in [0, 0.05) is 13.1 Å². The third kappa shape index (κ3) is 8.81. The third-order valence-corrected chi connectivity index (χ3v) is 2.26. The lowest BCUT2D eigenvalue weighted by atomic mass is 10.2. The van der Waals surface area contributed by atoms with Crippen molar-refractivity contribution in [3.63, 3.8) is 0 Å². The Kier molecular flexibility index (Phi) is 9.00. The topological polar surface area (TPSA) is 81.7 Å². The van der Waals surface area contributed by atoms with Crippen LogP contribution in [-0.2, 0) is 4.79 Å². The minimum absolute atomic E-state index is 0.247. The fourth-order valence-electron chi connectivity index (χ4n) is 1.52. The van der Waals surface area contributed by atoms with Gasteiger partial charge in [-0.3, -0.25) is 4.79 Å². The first-order chi connectivity index (χ1) is 8.47. The Balaban J connectivity index is 4.00. The van der Waals surface area contributed by atoms with Gasteiger partial charge >= 0.3 is 12.0 Å². The standard InChI is InChI=1S/C12H25N3O3/c1-4-13-6-5-7-14-12(18)15(8-10(2)3)9-11(16)17/h10,13H,4-9H2,1-3H3,(H,14,18)(H,16,17). The highest BCUT2D eigenvalue weighted by Crippen LogP contribution is 1.99. The van der Waals surface area contributed by atoms with Crippen LogP contribution in [0.2, 0.25) is 0 Å². The lowest BCUT2D eigenvalue weighted by Gasteiger charge is -2.23. The molecule has 0 aliphatic carbocycles. The highest BCUT2D eigenvalue weighted by atomic mass is 16.4. The first kappa shape index (κ1) is 16.7. The second-order valence-corrected chi connectivity index (χ2v) is 4.61. The fourth-order valence-corrected chi connectivity index (χ4v) is 1.52. The Morgan fingerprint density at radius 3 is 2.44 bits per heavy atom. The summed E-state index contributed by atoms with van der Waals surface area (Å²) in [6.07, 6.45) is 0.835. The lowest BCUT2D eigenvalue weighted by molar-refractivity contribution is -0.137. The molecule has 0 aliphatic rings. The van der Waals surface area contributed by atoms with Crippen LogP contribution < -0.4 is 10.6 Å². The van der Waals surface area contributed by atoms with Crippen molar-refractivity contribution in [2.24, 2.45) is 5.92 Å². The molecule has 0 aliphatic heterocycles. The highest BCUT2D eigenvalue weighted by molar-refractivity contribution is 5.80. The highest BCUT2D eigenvalue weighted by Gasteiger charge is 2.17. The first-order valence-electron chi connectivity index (χ1n) is 6.42. The van der Waals surface area contributed by atoms with E-state index in [9.17, 15) is 9.59 Å². The van der Waals surface area contributed by atoms with Gasteiger partial charge in [-0.25, -0.2) is 4.79 Å². The van der Waals surface area contributed by atoms with Crippen molar-refractivity contribution in [2.45, 2.75) is 27.2 Å². The number of aliphatic carboxylic acids is 1. The van der Waals surface area contributed by atoms with E-state index in [1.165, 1.54) is 4.90 Å². The van der Waals surface area contributed by atoms with Gasteiger partial charge in [-0.15, -0.1) is 0 Å². The minimum atomic E-state index is -0.988. The maximum atomic E-state index is 11.8. The maximum absolute atomic E-state index is 11.8. The Bertz CT molecular complexity index is 257. The number of urea groups is 1. The zero-order valence-corrected chi connectivity index (χ0v) is 11.5. The molecule has 0 bridgehead atoms. The van der Waals surface area contributed by atoms with E-state index < -0.39 is 5.97 Å². The van der Waals surface area contributed by atoms with Crippen LogP contribution in [0, 0.1) is 5.92 Å². The SMILES string of the molecule is CCNCCCNC(=O)N(CC(=O)O)CC(C)C. The number of nitrogens with zero attached hydrogens (tertiary/aromatic N) is 1. The van der Waals surface area contributed by atoms with E-state index in [0.717, 1.165) is 19.5 Å². The van der Waals surface area contributed by atoms with Crippen molar-refractivity contribution in [1.82, 2.24) is 15.5 Å². The van der Waals surface area contributed by atoms with E-state index in [1.807, 2.05) is 20.8 Å². The molecule has 0 saturated heterocycles. The zero-order chi connectivity index (χ0) is 14.0. The predicted octanol–water partition coefficient (Wildman–Crippen LogP) is 0.738. The van der Waals surface area contributed by atoms with Crippen molar-refractivity contribution in [1.29, 1.82) is 0 Å². The van der Waals surface area contributed by atoms with Crippen LogP contribution in [-0.4, -0.2) is 54.7 Å². The normalized spacial score (nSPS) is 10.4. The van der Waals surface area contributed by atoms with Gasteiger partial charge in [0.2, 0.25) is 0 Å². The molecule has 0 heterocycles. The van der Waals surface area contributed by atoms with Crippen molar-refractivity contribution < 1.29 is 14.7 Å². The third-order valence-electron chi connectivity index (χ3n) is 2.26. The molecule has 0 aromatic rings. The van der Waals surface area contributed by atoms with Gasteiger partial charge in [0.25, 0.3) is 0 Å². The summed E-state index contributed by atoms with van der Waals surface area (Å²) in [7, 11) is 0.